The van der Waals surface area contributed by atoms with Crippen molar-refractivity contribution in [2.24, 2.45) is 0 Å². The second kappa shape index (κ2) is 19.9. The zero-order chi connectivity index (χ0) is 32.1. The van der Waals surface area contributed by atoms with Gasteiger partial charge in [0.05, 0.1) is 0 Å². The third kappa shape index (κ3) is 13.7. The van der Waals surface area contributed by atoms with Gasteiger partial charge in [-0.3, -0.25) is 0 Å². The first-order valence-electron chi connectivity index (χ1n) is 16.0. The molecule has 0 saturated heterocycles. The van der Waals surface area contributed by atoms with E-state index in [0.717, 1.165) is 13.1 Å². The minimum Gasteiger partial charge on any atom is -0.309 e. The predicted molar refractivity (Wildman–Crippen MR) is 203 cm³/mol. The van der Waals surface area contributed by atoms with Crippen molar-refractivity contribution in [3.05, 3.63) is 106 Å². The molecule has 0 N–H and O–H groups in total. The van der Waals surface area contributed by atoms with Gasteiger partial charge in [-0.1, -0.05) is 147 Å². The van der Waals surface area contributed by atoms with E-state index >= 15 is 0 Å². The highest BCUT2D eigenvalue weighted by atomic mass is 15.1. The van der Waals surface area contributed by atoms with Crippen molar-refractivity contribution in [2.75, 3.05) is 41.3 Å². The SMILES string of the molecule is C.C.CCC(C)(C)c1ccc(C)cc1.CCC(CC)(CN(C)C)c1cccc(C)c1.Cc1ccccc1C(C)(C)CN(C)C. The normalized spacial score (nSPS) is 11.5. The highest BCUT2D eigenvalue weighted by Gasteiger charge is 2.29. The van der Waals surface area contributed by atoms with E-state index < -0.39 is 0 Å². The summed E-state index contributed by atoms with van der Waals surface area (Å²) in [6, 6.07) is 26.5. The number of hydrogen-bond acceptors (Lipinski definition) is 2. The molecule has 3 aromatic rings. The van der Waals surface area contributed by atoms with E-state index in [1.165, 1.54) is 52.6 Å². The van der Waals surface area contributed by atoms with Crippen LogP contribution in [0.25, 0.3) is 0 Å². The highest BCUT2D eigenvalue weighted by molar-refractivity contribution is 5.33. The first-order chi connectivity index (χ1) is 19.5. The minimum absolute atomic E-state index is 0. The standard InChI is InChI=1S/C15H25N.C13H21N.C12H18.2CH4/c1-6-15(7-2,12-16(4)5)14-10-8-9-13(3)11-14;1-11-8-6-7-9-12(11)13(2,3)10-14(4)5;1-5-12(3,4)11-8-6-10(2)7-9-11;;/h8-11H,6-7,12H2,1-5H3;6-9H,10H2,1-5H3;6-9H,5H2,1-4H3;2*1H4. The average Bonchev–Trinajstić information content (AvgIpc) is 2.92. The fraction of sp³-hybridized carbons (Fsp3) is 0.571. The van der Waals surface area contributed by atoms with Crippen LogP contribution in [0, 0.1) is 20.8 Å². The van der Waals surface area contributed by atoms with E-state index in [-0.39, 0.29) is 20.3 Å². The van der Waals surface area contributed by atoms with Gasteiger partial charge in [0.1, 0.15) is 0 Å². The number of rotatable bonds is 10. The third-order valence-corrected chi connectivity index (χ3v) is 8.91. The molecule has 0 aliphatic heterocycles. The van der Waals surface area contributed by atoms with E-state index in [4.69, 9.17) is 0 Å². The Hall–Kier alpha value is -2.42. The van der Waals surface area contributed by atoms with Gasteiger partial charge < -0.3 is 9.80 Å². The van der Waals surface area contributed by atoms with Gasteiger partial charge in [0, 0.05) is 23.9 Å². The quantitative estimate of drug-likeness (QED) is 0.227. The Morgan fingerprint density at radius 1 is 0.523 bits per heavy atom. The zero-order valence-electron chi connectivity index (χ0n) is 29.9. The molecule has 0 amide bonds. The molecule has 0 unspecified atom stereocenters. The molecule has 3 aromatic carbocycles. The number of aryl methyl sites for hydroxylation is 3. The average molecular weight is 605 g/mol. The number of nitrogens with zero attached hydrogens (tertiary/aromatic N) is 2. The number of benzene rings is 3. The van der Waals surface area contributed by atoms with Crippen LogP contribution in [0.5, 0.6) is 0 Å². The number of likely N-dealkylation sites (N-methyl/N-ethyl adjacent to an activating group) is 2. The van der Waals surface area contributed by atoms with Gasteiger partial charge in [0.25, 0.3) is 0 Å². The Balaban J connectivity index is 0. The molecule has 0 heterocycles. The van der Waals surface area contributed by atoms with Crippen molar-refractivity contribution in [3.8, 4) is 0 Å². The first kappa shape index (κ1) is 43.7. The third-order valence-electron chi connectivity index (χ3n) is 8.91. The number of hydrogen-bond donors (Lipinski definition) is 0. The molecule has 0 radical (unpaired) electrons. The van der Waals surface area contributed by atoms with Gasteiger partial charge in [0.15, 0.2) is 0 Å². The topological polar surface area (TPSA) is 6.48 Å². The van der Waals surface area contributed by atoms with Crippen molar-refractivity contribution in [2.45, 2.75) is 120 Å². The lowest BCUT2D eigenvalue weighted by Gasteiger charge is -2.35. The van der Waals surface area contributed by atoms with Gasteiger partial charge in [-0.25, -0.2) is 0 Å². The summed E-state index contributed by atoms with van der Waals surface area (Å²) in [5.74, 6) is 0. The summed E-state index contributed by atoms with van der Waals surface area (Å²) in [6.07, 6.45) is 3.59. The molecular weight excluding hydrogens is 532 g/mol. The summed E-state index contributed by atoms with van der Waals surface area (Å²) in [4.78, 5) is 4.54. The molecule has 0 aliphatic carbocycles. The Morgan fingerprint density at radius 3 is 1.48 bits per heavy atom. The van der Waals surface area contributed by atoms with Crippen LogP contribution in [0.1, 0.15) is 116 Å². The lowest BCUT2D eigenvalue weighted by Crippen LogP contribution is -2.36. The molecular formula is C42H72N2. The molecule has 0 saturated carbocycles. The summed E-state index contributed by atoms with van der Waals surface area (Å²) in [7, 11) is 8.58. The van der Waals surface area contributed by atoms with Crippen LogP contribution in [-0.4, -0.2) is 51.1 Å². The lowest BCUT2D eigenvalue weighted by atomic mass is 9.75. The molecule has 3 rings (SSSR count). The summed E-state index contributed by atoms with van der Waals surface area (Å²) < 4.78 is 0. The molecule has 0 aromatic heterocycles. The van der Waals surface area contributed by atoms with Crippen LogP contribution in [0.4, 0.5) is 0 Å². The van der Waals surface area contributed by atoms with Crippen LogP contribution >= 0.6 is 0 Å². The van der Waals surface area contributed by atoms with Gasteiger partial charge in [-0.15, -0.1) is 0 Å². The summed E-state index contributed by atoms with van der Waals surface area (Å²) >= 11 is 0. The zero-order valence-corrected chi connectivity index (χ0v) is 29.9. The van der Waals surface area contributed by atoms with E-state index in [2.05, 4.69) is 180 Å². The maximum atomic E-state index is 2.34. The predicted octanol–water partition coefficient (Wildman–Crippen LogP) is 11.4. The van der Waals surface area contributed by atoms with E-state index in [1.807, 2.05) is 0 Å². The van der Waals surface area contributed by atoms with Crippen LogP contribution in [0.15, 0.2) is 72.8 Å². The molecule has 44 heavy (non-hydrogen) atoms. The monoisotopic (exact) mass is 605 g/mol. The summed E-state index contributed by atoms with van der Waals surface area (Å²) in [5.41, 5.74) is 9.35. The second-order valence-corrected chi connectivity index (χ2v) is 14.1. The maximum Gasteiger partial charge on any atom is 0.00749 e. The second-order valence-electron chi connectivity index (χ2n) is 14.1. The van der Waals surface area contributed by atoms with Crippen LogP contribution in [-0.2, 0) is 16.2 Å². The Labute approximate surface area is 276 Å². The molecule has 2 nitrogen and oxygen atoms in total. The highest BCUT2D eigenvalue weighted by Crippen LogP contribution is 2.33. The van der Waals surface area contributed by atoms with Gasteiger partial charge in [-0.2, -0.15) is 0 Å². The van der Waals surface area contributed by atoms with Crippen molar-refractivity contribution in [3.63, 3.8) is 0 Å². The van der Waals surface area contributed by atoms with Crippen LogP contribution in [0.2, 0.25) is 0 Å². The molecule has 0 aliphatic rings. The summed E-state index contributed by atoms with van der Waals surface area (Å²) in [5, 5.41) is 0. The lowest BCUT2D eigenvalue weighted by molar-refractivity contribution is 0.265. The fourth-order valence-corrected chi connectivity index (χ4v) is 5.97. The maximum absolute atomic E-state index is 2.34. The van der Waals surface area contributed by atoms with Crippen molar-refractivity contribution >= 4 is 0 Å². The van der Waals surface area contributed by atoms with Crippen molar-refractivity contribution in [1.29, 1.82) is 0 Å². The van der Waals surface area contributed by atoms with E-state index in [9.17, 15) is 0 Å². The molecule has 250 valence electrons. The Morgan fingerprint density at radius 2 is 1.05 bits per heavy atom. The molecule has 0 fully saturated rings. The van der Waals surface area contributed by atoms with E-state index in [0.29, 0.717) is 10.8 Å². The van der Waals surface area contributed by atoms with Crippen LogP contribution in [0.3, 0.4) is 0 Å². The fourth-order valence-electron chi connectivity index (χ4n) is 5.97. The van der Waals surface area contributed by atoms with Gasteiger partial charge >= 0.3 is 0 Å². The smallest absolute Gasteiger partial charge is 0.00749 e. The summed E-state index contributed by atoms with van der Waals surface area (Å²) in [6.45, 7) is 24.7. The Bertz CT molecular complexity index is 1160. The Kier molecular flexibility index (Phi) is 19.7. The minimum atomic E-state index is 0. The largest absolute Gasteiger partial charge is 0.309 e. The van der Waals surface area contributed by atoms with Gasteiger partial charge in [-0.05, 0) is 95.9 Å². The van der Waals surface area contributed by atoms with Gasteiger partial charge in [0.2, 0.25) is 0 Å². The molecule has 0 spiro atoms. The molecule has 2 heteroatoms. The van der Waals surface area contributed by atoms with Crippen molar-refractivity contribution < 1.29 is 0 Å². The molecule has 0 bridgehead atoms. The first-order valence-corrected chi connectivity index (χ1v) is 16.0. The molecule has 0 atom stereocenters. The van der Waals surface area contributed by atoms with Crippen LogP contribution < -0.4 is 0 Å². The van der Waals surface area contributed by atoms with E-state index in [1.54, 1.807) is 0 Å². The van der Waals surface area contributed by atoms with Crippen molar-refractivity contribution in [1.82, 2.24) is 9.80 Å².